The molecule has 2 saturated carbocycles. The molecule has 0 saturated heterocycles. The fourth-order valence-corrected chi connectivity index (χ4v) is 3.53. The summed E-state index contributed by atoms with van der Waals surface area (Å²) in [7, 11) is -3.25. The lowest BCUT2D eigenvalue weighted by molar-refractivity contribution is 0.112. The van der Waals surface area contributed by atoms with Crippen molar-refractivity contribution in [3.63, 3.8) is 0 Å². The molecular weight excluding hydrogens is 346 g/mol. The number of hydrogen-bond acceptors (Lipinski definition) is 3. The molecule has 0 unspecified atom stereocenters. The Labute approximate surface area is 155 Å². The second-order valence-electron chi connectivity index (χ2n) is 6.72. The van der Waals surface area contributed by atoms with Gasteiger partial charge in [0.25, 0.3) is 0 Å². The van der Waals surface area contributed by atoms with E-state index in [4.69, 9.17) is 5.73 Å². The van der Waals surface area contributed by atoms with E-state index in [2.05, 4.69) is 4.72 Å². The van der Waals surface area contributed by atoms with Crippen molar-refractivity contribution in [2.45, 2.75) is 97.8 Å². The third-order valence-electron chi connectivity index (χ3n) is 4.52. The average molecular weight is 389 g/mol. The van der Waals surface area contributed by atoms with E-state index in [-0.39, 0.29) is 35.4 Å². The quantitative estimate of drug-likeness (QED) is 0.731. The van der Waals surface area contributed by atoms with E-state index in [1.807, 2.05) is 0 Å². The SMILES string of the molecule is C.C.C.CS(=O)(=O)NCC1(F)CCCCC1.NCC1(F)CCCCC1. The highest BCUT2D eigenvalue weighted by Gasteiger charge is 2.32. The second-order valence-corrected chi connectivity index (χ2v) is 8.55. The molecule has 7 heteroatoms. The Morgan fingerprint density at radius 1 is 0.840 bits per heavy atom. The third kappa shape index (κ3) is 12.7. The van der Waals surface area contributed by atoms with Gasteiger partial charge >= 0.3 is 0 Å². The third-order valence-corrected chi connectivity index (χ3v) is 5.18. The van der Waals surface area contributed by atoms with Crippen molar-refractivity contribution in [1.82, 2.24) is 4.72 Å². The fraction of sp³-hybridized carbons (Fsp3) is 1.00. The topological polar surface area (TPSA) is 72.2 Å². The molecule has 0 aromatic heterocycles. The number of alkyl halides is 2. The van der Waals surface area contributed by atoms with Crippen LogP contribution in [0.4, 0.5) is 8.78 Å². The van der Waals surface area contributed by atoms with Crippen LogP contribution in [-0.2, 0) is 10.0 Å². The monoisotopic (exact) mass is 388 g/mol. The van der Waals surface area contributed by atoms with Gasteiger partial charge in [-0.15, -0.1) is 0 Å². The van der Waals surface area contributed by atoms with Crippen molar-refractivity contribution in [3.05, 3.63) is 0 Å². The van der Waals surface area contributed by atoms with Crippen LogP contribution in [0.25, 0.3) is 0 Å². The van der Waals surface area contributed by atoms with Crippen LogP contribution in [0.15, 0.2) is 0 Å². The predicted molar refractivity (Wildman–Crippen MR) is 106 cm³/mol. The molecule has 0 bridgehead atoms. The van der Waals surface area contributed by atoms with Crippen molar-refractivity contribution in [2.75, 3.05) is 19.3 Å². The summed E-state index contributed by atoms with van der Waals surface area (Å²) in [6.45, 7) is 0.152. The van der Waals surface area contributed by atoms with E-state index in [0.29, 0.717) is 25.7 Å². The molecule has 0 radical (unpaired) electrons. The Bertz CT molecular complexity index is 419. The maximum absolute atomic E-state index is 13.8. The largest absolute Gasteiger partial charge is 0.328 e. The number of halogens is 2. The number of rotatable bonds is 4. The summed E-state index contributed by atoms with van der Waals surface area (Å²) in [5.74, 6) is 0. The van der Waals surface area contributed by atoms with Gasteiger partial charge in [0, 0.05) is 13.1 Å². The number of hydrogen-bond donors (Lipinski definition) is 2. The minimum Gasteiger partial charge on any atom is -0.328 e. The highest BCUT2D eigenvalue weighted by molar-refractivity contribution is 7.88. The fourth-order valence-electron chi connectivity index (χ4n) is 3.01. The average Bonchev–Trinajstić information content (AvgIpc) is 2.47. The summed E-state index contributed by atoms with van der Waals surface area (Å²) in [5, 5.41) is 0. The van der Waals surface area contributed by atoms with E-state index < -0.39 is 21.4 Å². The zero-order valence-corrected chi connectivity index (χ0v) is 14.4. The Kier molecular flexibility index (Phi) is 15.3. The zero-order chi connectivity index (χ0) is 16.7. The summed E-state index contributed by atoms with van der Waals surface area (Å²) in [4.78, 5) is 0. The van der Waals surface area contributed by atoms with Gasteiger partial charge in [0.1, 0.15) is 11.3 Å². The van der Waals surface area contributed by atoms with Crippen LogP contribution in [-0.4, -0.2) is 39.1 Å². The second kappa shape index (κ2) is 13.0. The Balaban J connectivity index is -0.000000362. The Morgan fingerprint density at radius 3 is 1.48 bits per heavy atom. The smallest absolute Gasteiger partial charge is 0.208 e. The molecular formula is C18H42F2N2O2S. The van der Waals surface area contributed by atoms with E-state index in [9.17, 15) is 17.2 Å². The van der Waals surface area contributed by atoms with Gasteiger partial charge < -0.3 is 5.73 Å². The Hall–Kier alpha value is -0.270. The first-order chi connectivity index (χ1) is 10.2. The molecule has 0 aliphatic heterocycles. The van der Waals surface area contributed by atoms with Crippen LogP contribution in [0.3, 0.4) is 0 Å². The van der Waals surface area contributed by atoms with Crippen LogP contribution in [0.2, 0.25) is 0 Å². The van der Waals surface area contributed by atoms with Gasteiger partial charge in [-0.05, 0) is 25.7 Å². The summed E-state index contributed by atoms with van der Waals surface area (Å²) in [6, 6.07) is 0. The van der Waals surface area contributed by atoms with Gasteiger partial charge in [-0.2, -0.15) is 0 Å². The molecule has 2 rings (SSSR count). The molecule has 0 atom stereocenters. The molecule has 2 fully saturated rings. The molecule has 2 aliphatic carbocycles. The minimum absolute atomic E-state index is 0. The van der Waals surface area contributed by atoms with Gasteiger partial charge in [0.2, 0.25) is 10.0 Å². The lowest BCUT2D eigenvalue weighted by Crippen LogP contribution is -2.40. The molecule has 0 heterocycles. The van der Waals surface area contributed by atoms with E-state index in [0.717, 1.165) is 38.4 Å². The van der Waals surface area contributed by atoms with E-state index in [1.165, 1.54) is 6.42 Å². The maximum Gasteiger partial charge on any atom is 0.208 e. The van der Waals surface area contributed by atoms with Crippen LogP contribution < -0.4 is 10.5 Å². The molecule has 2 aliphatic rings. The molecule has 0 aromatic rings. The summed E-state index contributed by atoms with van der Waals surface area (Å²) < 4.78 is 50.7. The van der Waals surface area contributed by atoms with Crippen molar-refractivity contribution in [3.8, 4) is 0 Å². The first-order valence-electron chi connectivity index (χ1n) is 8.21. The van der Waals surface area contributed by atoms with Crippen molar-refractivity contribution in [1.29, 1.82) is 0 Å². The lowest BCUT2D eigenvalue weighted by atomic mass is 9.87. The molecule has 3 N–H and O–H groups in total. The predicted octanol–water partition coefficient (Wildman–Crippen LogP) is 4.73. The van der Waals surface area contributed by atoms with Gasteiger partial charge in [-0.1, -0.05) is 60.8 Å². The zero-order valence-electron chi connectivity index (χ0n) is 13.5. The van der Waals surface area contributed by atoms with Crippen LogP contribution in [0.5, 0.6) is 0 Å². The van der Waals surface area contributed by atoms with Gasteiger partial charge in [-0.3, -0.25) is 0 Å². The van der Waals surface area contributed by atoms with Crippen LogP contribution in [0, 0.1) is 0 Å². The minimum atomic E-state index is -3.25. The number of sulfonamides is 1. The van der Waals surface area contributed by atoms with Crippen molar-refractivity contribution in [2.24, 2.45) is 5.73 Å². The highest BCUT2D eigenvalue weighted by atomic mass is 32.2. The van der Waals surface area contributed by atoms with Crippen molar-refractivity contribution < 1.29 is 17.2 Å². The number of nitrogens with one attached hydrogen (secondary N) is 1. The maximum atomic E-state index is 13.8. The van der Waals surface area contributed by atoms with E-state index >= 15 is 0 Å². The standard InChI is InChI=1S/C8H16FNO2S.C7H14FN.3CH4/c1-13(11,12)10-7-8(9)5-3-2-4-6-8;8-7(6-9)4-2-1-3-5-7;;;/h10H,2-7H2,1H3;1-6,9H2;3*1H4. The molecule has 0 amide bonds. The molecule has 25 heavy (non-hydrogen) atoms. The Morgan fingerprint density at radius 2 is 1.20 bits per heavy atom. The van der Waals surface area contributed by atoms with Gasteiger partial charge in [0.05, 0.1) is 6.26 Å². The molecule has 0 spiro atoms. The van der Waals surface area contributed by atoms with Gasteiger partial charge in [-0.25, -0.2) is 21.9 Å². The van der Waals surface area contributed by atoms with E-state index in [1.54, 1.807) is 0 Å². The normalized spacial score (nSPS) is 21.3. The number of nitrogens with two attached hydrogens (primary N) is 1. The first-order valence-corrected chi connectivity index (χ1v) is 10.1. The molecule has 156 valence electrons. The van der Waals surface area contributed by atoms with Crippen LogP contribution in [0.1, 0.15) is 86.5 Å². The first kappa shape index (κ1) is 29.5. The molecule has 0 aromatic carbocycles. The molecule has 4 nitrogen and oxygen atoms in total. The van der Waals surface area contributed by atoms with Crippen LogP contribution >= 0.6 is 0 Å². The highest BCUT2D eigenvalue weighted by Crippen LogP contribution is 2.31. The van der Waals surface area contributed by atoms with Gasteiger partial charge in [0.15, 0.2) is 0 Å². The summed E-state index contributed by atoms with van der Waals surface area (Å²) in [5.41, 5.74) is 2.96. The summed E-state index contributed by atoms with van der Waals surface area (Å²) >= 11 is 0. The van der Waals surface area contributed by atoms with Crippen molar-refractivity contribution >= 4 is 10.0 Å². The summed E-state index contributed by atoms with van der Waals surface area (Å²) in [6.07, 6.45) is 9.40. The lowest BCUT2D eigenvalue weighted by Gasteiger charge is -2.29.